The number of ether oxygens (including phenoxy) is 2. The highest BCUT2D eigenvalue weighted by Gasteiger charge is 2.16. The van der Waals surface area contributed by atoms with Gasteiger partial charge in [0.2, 0.25) is 6.79 Å². The van der Waals surface area contributed by atoms with Crippen LogP contribution in [0.25, 0.3) is 0 Å². The molecule has 0 bridgehead atoms. The number of benzene rings is 3. The molecule has 0 unspecified atom stereocenters. The fourth-order valence-electron chi connectivity index (χ4n) is 3.10. The number of aryl methyl sites for hydroxylation is 1. The van der Waals surface area contributed by atoms with Crippen molar-refractivity contribution >= 4 is 23.0 Å². The van der Waals surface area contributed by atoms with Crippen molar-refractivity contribution in [2.75, 3.05) is 12.1 Å². The Morgan fingerprint density at radius 2 is 1.61 bits per heavy atom. The molecule has 0 spiro atoms. The van der Waals surface area contributed by atoms with Crippen LogP contribution in [0.4, 0.5) is 5.69 Å². The smallest absolute Gasteiger partial charge is 0.231 e. The SMILES string of the molecule is Cc1ccc(NC(=S)N(Cc2ccccc2)Cc2ccc3c(c2)OCO3)cc1. The van der Waals surface area contributed by atoms with E-state index in [4.69, 9.17) is 21.7 Å². The van der Waals surface area contributed by atoms with Gasteiger partial charge < -0.3 is 19.7 Å². The summed E-state index contributed by atoms with van der Waals surface area (Å²) in [6, 6.07) is 24.6. The van der Waals surface area contributed by atoms with Crippen LogP contribution in [0.3, 0.4) is 0 Å². The minimum atomic E-state index is 0.278. The maximum Gasteiger partial charge on any atom is 0.231 e. The van der Waals surface area contributed by atoms with Crippen molar-refractivity contribution in [3.63, 3.8) is 0 Å². The van der Waals surface area contributed by atoms with Gasteiger partial charge in [-0.3, -0.25) is 0 Å². The first-order valence-electron chi connectivity index (χ1n) is 9.22. The van der Waals surface area contributed by atoms with Gasteiger partial charge in [-0.25, -0.2) is 0 Å². The van der Waals surface area contributed by atoms with Crippen LogP contribution >= 0.6 is 12.2 Å². The largest absolute Gasteiger partial charge is 0.454 e. The van der Waals surface area contributed by atoms with Crippen molar-refractivity contribution < 1.29 is 9.47 Å². The van der Waals surface area contributed by atoms with E-state index in [1.54, 1.807) is 0 Å². The molecule has 3 aromatic rings. The lowest BCUT2D eigenvalue weighted by molar-refractivity contribution is 0.174. The predicted octanol–water partition coefficient (Wildman–Crippen LogP) is 5.12. The Morgan fingerprint density at radius 3 is 2.39 bits per heavy atom. The fraction of sp³-hybridized carbons (Fsp3) is 0.174. The van der Waals surface area contributed by atoms with Crippen LogP contribution in [-0.4, -0.2) is 16.8 Å². The summed E-state index contributed by atoms with van der Waals surface area (Å²) < 4.78 is 10.9. The number of anilines is 1. The molecule has 1 heterocycles. The second-order valence-electron chi connectivity index (χ2n) is 6.83. The number of hydrogen-bond donors (Lipinski definition) is 1. The molecule has 5 heteroatoms. The topological polar surface area (TPSA) is 33.7 Å². The normalized spacial score (nSPS) is 11.9. The highest BCUT2D eigenvalue weighted by molar-refractivity contribution is 7.80. The Hall–Kier alpha value is -3.05. The van der Waals surface area contributed by atoms with Gasteiger partial charge in [0.1, 0.15) is 0 Å². The lowest BCUT2D eigenvalue weighted by Crippen LogP contribution is -2.33. The molecule has 0 saturated carbocycles. The molecule has 0 amide bonds. The summed E-state index contributed by atoms with van der Waals surface area (Å²) in [6.07, 6.45) is 0. The molecule has 1 aliphatic heterocycles. The number of fused-ring (bicyclic) bond motifs is 1. The summed E-state index contributed by atoms with van der Waals surface area (Å²) in [6.45, 7) is 3.74. The molecule has 4 nitrogen and oxygen atoms in total. The lowest BCUT2D eigenvalue weighted by Gasteiger charge is -2.26. The summed E-state index contributed by atoms with van der Waals surface area (Å²) in [4.78, 5) is 2.15. The van der Waals surface area contributed by atoms with Crippen molar-refractivity contribution in [3.05, 3.63) is 89.5 Å². The standard InChI is InChI=1S/C23H22N2O2S/c1-17-7-10-20(11-8-17)24-23(28)25(14-18-5-3-2-4-6-18)15-19-9-12-21-22(13-19)27-16-26-21/h2-13H,14-16H2,1H3,(H,24,28). The summed E-state index contributed by atoms with van der Waals surface area (Å²) >= 11 is 5.75. The molecule has 3 aromatic carbocycles. The number of nitrogens with zero attached hydrogens (tertiary/aromatic N) is 1. The molecule has 1 N–H and O–H groups in total. The van der Waals surface area contributed by atoms with Crippen LogP contribution < -0.4 is 14.8 Å². The van der Waals surface area contributed by atoms with Gasteiger partial charge in [0.15, 0.2) is 16.6 Å². The predicted molar refractivity (Wildman–Crippen MR) is 116 cm³/mol. The zero-order valence-corrected chi connectivity index (χ0v) is 16.5. The Labute approximate surface area is 170 Å². The first kappa shape index (κ1) is 18.3. The van der Waals surface area contributed by atoms with Gasteiger partial charge in [0, 0.05) is 18.8 Å². The third kappa shape index (κ3) is 4.43. The Morgan fingerprint density at radius 1 is 0.893 bits per heavy atom. The van der Waals surface area contributed by atoms with E-state index in [2.05, 4.69) is 47.5 Å². The van der Waals surface area contributed by atoms with E-state index in [-0.39, 0.29) is 6.79 Å². The van der Waals surface area contributed by atoms with Gasteiger partial charge in [-0.15, -0.1) is 0 Å². The minimum Gasteiger partial charge on any atom is -0.454 e. The molecule has 142 valence electrons. The third-order valence-corrected chi connectivity index (χ3v) is 4.98. The summed E-state index contributed by atoms with van der Waals surface area (Å²) in [7, 11) is 0. The van der Waals surface area contributed by atoms with Gasteiger partial charge in [0.05, 0.1) is 0 Å². The highest BCUT2D eigenvalue weighted by atomic mass is 32.1. The third-order valence-electron chi connectivity index (χ3n) is 4.62. The number of thiocarbonyl (C=S) groups is 1. The molecule has 4 rings (SSSR count). The molecule has 0 saturated heterocycles. The molecule has 0 aliphatic carbocycles. The maximum atomic E-state index is 5.75. The van der Waals surface area contributed by atoms with Gasteiger partial charge in [-0.1, -0.05) is 54.1 Å². The van der Waals surface area contributed by atoms with Gasteiger partial charge in [0.25, 0.3) is 0 Å². The van der Waals surface area contributed by atoms with E-state index in [0.29, 0.717) is 18.2 Å². The average molecular weight is 391 g/mol. The molecular formula is C23H22N2O2S. The molecule has 28 heavy (non-hydrogen) atoms. The first-order chi connectivity index (χ1) is 13.7. The van der Waals surface area contributed by atoms with Crippen LogP contribution in [0.1, 0.15) is 16.7 Å². The molecule has 0 atom stereocenters. The number of nitrogens with one attached hydrogen (secondary N) is 1. The molecule has 1 aliphatic rings. The van der Waals surface area contributed by atoms with E-state index < -0.39 is 0 Å². The fourth-order valence-corrected chi connectivity index (χ4v) is 3.35. The Bertz CT molecular complexity index is 958. The number of hydrogen-bond acceptors (Lipinski definition) is 3. The zero-order valence-electron chi connectivity index (χ0n) is 15.7. The van der Waals surface area contributed by atoms with Gasteiger partial charge in [-0.05, 0) is 54.5 Å². The second-order valence-corrected chi connectivity index (χ2v) is 7.21. The summed E-state index contributed by atoms with van der Waals surface area (Å²) in [5.41, 5.74) is 4.53. The van der Waals surface area contributed by atoms with Crippen LogP contribution in [0.15, 0.2) is 72.8 Å². The van der Waals surface area contributed by atoms with Crippen LogP contribution in [0, 0.1) is 6.92 Å². The Kier molecular flexibility index (Phi) is 5.44. The molecular weight excluding hydrogens is 368 g/mol. The van der Waals surface area contributed by atoms with E-state index >= 15 is 0 Å². The molecule has 0 aromatic heterocycles. The summed E-state index contributed by atoms with van der Waals surface area (Å²) in [5.74, 6) is 1.58. The van der Waals surface area contributed by atoms with Crippen molar-refractivity contribution in [2.24, 2.45) is 0 Å². The average Bonchev–Trinajstić information content (AvgIpc) is 3.18. The molecule has 0 fully saturated rings. The summed E-state index contributed by atoms with van der Waals surface area (Å²) in [5, 5.41) is 4.05. The van der Waals surface area contributed by atoms with Crippen LogP contribution in [-0.2, 0) is 13.1 Å². The lowest BCUT2D eigenvalue weighted by atomic mass is 10.1. The van der Waals surface area contributed by atoms with Crippen molar-refractivity contribution in [1.82, 2.24) is 4.90 Å². The second kappa shape index (κ2) is 8.31. The monoisotopic (exact) mass is 390 g/mol. The van der Waals surface area contributed by atoms with Gasteiger partial charge >= 0.3 is 0 Å². The molecule has 0 radical (unpaired) electrons. The first-order valence-corrected chi connectivity index (χ1v) is 9.63. The van der Waals surface area contributed by atoms with Crippen molar-refractivity contribution in [3.8, 4) is 11.5 Å². The highest BCUT2D eigenvalue weighted by Crippen LogP contribution is 2.33. The van der Waals surface area contributed by atoms with E-state index in [1.165, 1.54) is 11.1 Å². The van der Waals surface area contributed by atoms with Gasteiger partial charge in [-0.2, -0.15) is 0 Å². The minimum absolute atomic E-state index is 0.278. The van der Waals surface area contributed by atoms with Crippen molar-refractivity contribution in [1.29, 1.82) is 0 Å². The zero-order chi connectivity index (χ0) is 19.3. The van der Waals surface area contributed by atoms with E-state index in [1.807, 2.05) is 42.5 Å². The van der Waals surface area contributed by atoms with E-state index in [0.717, 1.165) is 22.7 Å². The number of rotatable bonds is 5. The van der Waals surface area contributed by atoms with Crippen molar-refractivity contribution in [2.45, 2.75) is 20.0 Å². The maximum absolute atomic E-state index is 5.75. The van der Waals surface area contributed by atoms with E-state index in [9.17, 15) is 0 Å². The quantitative estimate of drug-likeness (QED) is 0.611. The van der Waals surface area contributed by atoms with Crippen LogP contribution in [0.5, 0.6) is 11.5 Å². The Balaban J connectivity index is 1.54. The van der Waals surface area contributed by atoms with Crippen LogP contribution in [0.2, 0.25) is 0 Å².